The lowest BCUT2D eigenvalue weighted by Gasteiger charge is -2.27. The molecule has 2 aromatic rings. The summed E-state index contributed by atoms with van der Waals surface area (Å²) < 4.78 is 30.3. The summed E-state index contributed by atoms with van der Waals surface area (Å²) in [5, 5.41) is 2.92. The monoisotopic (exact) mass is 543 g/mol. The molecule has 8 nitrogen and oxygen atoms in total. The van der Waals surface area contributed by atoms with Crippen LogP contribution in [0, 0.1) is 13.8 Å². The minimum atomic E-state index is -3.19. The van der Waals surface area contributed by atoms with Crippen LogP contribution in [0.3, 0.4) is 0 Å². The number of aryl methyl sites for hydroxylation is 1. The standard InChI is InChI=1S/C27H33N3O5S2/c1-17-10-9-13-21(18(17)2)30-22-15-37(33,34)16-23(22)36-25(30)29-24(31)20(14-19-11-7-6-8-12-19)28-26(32)35-27(3,4)5/h6-13,20,22-23H,14-16H2,1-5H3,(H,28,32)/t20-,22-,23+/m0/s1. The van der Waals surface area contributed by atoms with Gasteiger partial charge in [0.2, 0.25) is 0 Å². The molecule has 1 N–H and O–H groups in total. The number of ether oxygens (including phenoxy) is 1. The number of carbonyl (C=O) groups is 2. The SMILES string of the molecule is Cc1cccc(N2C(=NC(=O)[C@H](Cc3ccccc3)NC(=O)OC(C)(C)C)S[C@@H]3CS(=O)(=O)C[C@@H]32)c1C. The molecule has 0 radical (unpaired) electrons. The van der Waals surface area contributed by atoms with Crippen LogP contribution in [0.4, 0.5) is 10.5 Å². The van der Waals surface area contributed by atoms with E-state index in [4.69, 9.17) is 4.74 Å². The van der Waals surface area contributed by atoms with E-state index >= 15 is 0 Å². The van der Waals surface area contributed by atoms with Gasteiger partial charge >= 0.3 is 6.09 Å². The Hall–Kier alpha value is -2.85. The van der Waals surface area contributed by atoms with Crippen LogP contribution in [0.15, 0.2) is 53.5 Å². The lowest BCUT2D eigenvalue weighted by molar-refractivity contribution is -0.119. The molecule has 198 valence electrons. The van der Waals surface area contributed by atoms with Gasteiger partial charge in [0, 0.05) is 17.4 Å². The Balaban J connectivity index is 1.68. The highest BCUT2D eigenvalue weighted by molar-refractivity contribution is 8.16. The molecule has 2 aliphatic rings. The minimum absolute atomic E-state index is 0.00879. The predicted molar refractivity (Wildman–Crippen MR) is 148 cm³/mol. The molecular weight excluding hydrogens is 510 g/mol. The zero-order valence-corrected chi connectivity index (χ0v) is 23.4. The van der Waals surface area contributed by atoms with Gasteiger partial charge in [-0.2, -0.15) is 4.99 Å². The van der Waals surface area contributed by atoms with Gasteiger partial charge in [-0.25, -0.2) is 13.2 Å². The second-order valence-electron chi connectivity index (χ2n) is 10.5. The summed E-state index contributed by atoms with van der Waals surface area (Å²) in [6.07, 6.45) is -0.458. The lowest BCUT2D eigenvalue weighted by Crippen LogP contribution is -2.45. The van der Waals surface area contributed by atoms with E-state index in [1.807, 2.05) is 67.3 Å². The second kappa shape index (κ2) is 10.5. The molecule has 2 fully saturated rings. The summed E-state index contributed by atoms with van der Waals surface area (Å²) in [7, 11) is -3.19. The second-order valence-corrected chi connectivity index (χ2v) is 13.9. The van der Waals surface area contributed by atoms with Crippen LogP contribution in [0.1, 0.15) is 37.5 Å². The van der Waals surface area contributed by atoms with Crippen LogP contribution < -0.4 is 10.2 Å². The highest BCUT2D eigenvalue weighted by atomic mass is 32.2. The van der Waals surface area contributed by atoms with Crippen molar-refractivity contribution in [2.75, 3.05) is 16.4 Å². The Kier molecular flexibility index (Phi) is 7.71. The fourth-order valence-corrected chi connectivity index (χ4v) is 8.43. The van der Waals surface area contributed by atoms with E-state index in [2.05, 4.69) is 10.3 Å². The zero-order valence-electron chi connectivity index (χ0n) is 21.7. The van der Waals surface area contributed by atoms with E-state index in [-0.39, 0.29) is 29.2 Å². The third-order valence-electron chi connectivity index (χ3n) is 6.38. The van der Waals surface area contributed by atoms with Crippen LogP contribution >= 0.6 is 11.8 Å². The number of hydrogen-bond donors (Lipinski definition) is 1. The molecule has 0 saturated carbocycles. The summed E-state index contributed by atoms with van der Waals surface area (Å²) >= 11 is 1.31. The minimum Gasteiger partial charge on any atom is -0.444 e. The van der Waals surface area contributed by atoms with E-state index in [1.165, 1.54) is 11.8 Å². The van der Waals surface area contributed by atoms with Crippen molar-refractivity contribution in [3.05, 3.63) is 65.2 Å². The molecule has 3 atom stereocenters. The molecule has 0 spiro atoms. The summed E-state index contributed by atoms with van der Waals surface area (Å²) in [6, 6.07) is 14.0. The molecule has 0 bridgehead atoms. The summed E-state index contributed by atoms with van der Waals surface area (Å²) in [5.74, 6) is -0.467. The number of nitrogens with zero attached hydrogens (tertiary/aromatic N) is 2. The Labute approximate surface area is 222 Å². The molecular formula is C27H33N3O5S2. The average molecular weight is 544 g/mol. The van der Waals surface area contributed by atoms with Crippen LogP contribution in [0.5, 0.6) is 0 Å². The van der Waals surface area contributed by atoms with E-state index in [1.54, 1.807) is 20.8 Å². The molecule has 10 heteroatoms. The number of benzene rings is 2. The number of alkyl carbamates (subject to hydrolysis) is 1. The number of amides is 2. The fourth-order valence-electron chi connectivity index (χ4n) is 4.51. The van der Waals surface area contributed by atoms with Crippen molar-refractivity contribution in [1.29, 1.82) is 0 Å². The van der Waals surface area contributed by atoms with Gasteiger partial charge in [-0.15, -0.1) is 0 Å². The zero-order chi connectivity index (χ0) is 27.0. The van der Waals surface area contributed by atoms with E-state index in [9.17, 15) is 18.0 Å². The molecule has 2 aliphatic heterocycles. The molecule has 37 heavy (non-hydrogen) atoms. The number of carbonyl (C=O) groups excluding carboxylic acids is 2. The number of sulfone groups is 1. The Morgan fingerprint density at radius 3 is 2.49 bits per heavy atom. The Morgan fingerprint density at radius 1 is 1.11 bits per heavy atom. The van der Waals surface area contributed by atoms with Crippen LogP contribution in [-0.2, 0) is 25.8 Å². The van der Waals surface area contributed by atoms with E-state index < -0.39 is 33.5 Å². The smallest absolute Gasteiger partial charge is 0.408 e. The van der Waals surface area contributed by atoms with Crippen molar-refractivity contribution in [2.24, 2.45) is 4.99 Å². The average Bonchev–Trinajstić information content (AvgIpc) is 3.25. The number of anilines is 1. The van der Waals surface area contributed by atoms with Gasteiger partial charge < -0.3 is 15.0 Å². The van der Waals surface area contributed by atoms with Crippen molar-refractivity contribution in [3.63, 3.8) is 0 Å². The summed E-state index contributed by atoms with van der Waals surface area (Å²) in [5.41, 5.74) is 3.04. The maximum atomic E-state index is 13.6. The topological polar surface area (TPSA) is 105 Å². The largest absolute Gasteiger partial charge is 0.444 e. The first-order chi connectivity index (χ1) is 17.3. The fraction of sp³-hybridized carbons (Fsp3) is 0.444. The number of nitrogens with one attached hydrogen (secondary N) is 1. The summed E-state index contributed by atoms with van der Waals surface area (Å²) in [6.45, 7) is 9.24. The molecule has 0 aliphatic carbocycles. The van der Waals surface area contributed by atoms with Gasteiger partial charge in [-0.05, 0) is 57.4 Å². The van der Waals surface area contributed by atoms with Gasteiger partial charge in [0.25, 0.3) is 5.91 Å². The van der Waals surface area contributed by atoms with Crippen molar-refractivity contribution in [2.45, 2.75) is 64.0 Å². The third-order valence-corrected chi connectivity index (χ3v) is 9.59. The number of fused-ring (bicyclic) bond motifs is 1. The molecule has 4 rings (SSSR count). The first kappa shape index (κ1) is 27.2. The van der Waals surface area contributed by atoms with Crippen molar-refractivity contribution < 1.29 is 22.7 Å². The first-order valence-corrected chi connectivity index (χ1v) is 14.9. The maximum absolute atomic E-state index is 13.6. The van der Waals surface area contributed by atoms with Crippen LogP contribution in [0.25, 0.3) is 0 Å². The predicted octanol–water partition coefficient (Wildman–Crippen LogP) is 4.04. The van der Waals surface area contributed by atoms with E-state index in [0.29, 0.717) is 5.17 Å². The quantitative estimate of drug-likeness (QED) is 0.607. The van der Waals surface area contributed by atoms with Crippen LogP contribution in [-0.4, -0.2) is 60.0 Å². The lowest BCUT2D eigenvalue weighted by atomic mass is 10.1. The molecule has 2 amide bonds. The first-order valence-electron chi connectivity index (χ1n) is 12.2. The summed E-state index contributed by atoms with van der Waals surface area (Å²) in [4.78, 5) is 32.5. The van der Waals surface area contributed by atoms with Gasteiger partial charge in [0.15, 0.2) is 15.0 Å². The Morgan fingerprint density at radius 2 is 1.81 bits per heavy atom. The van der Waals surface area contributed by atoms with Crippen molar-refractivity contribution in [1.82, 2.24) is 5.32 Å². The number of hydrogen-bond acceptors (Lipinski definition) is 6. The van der Waals surface area contributed by atoms with Gasteiger partial charge in [0.05, 0.1) is 17.5 Å². The normalized spacial score (nSPS) is 22.5. The van der Waals surface area contributed by atoms with Gasteiger partial charge in [-0.3, -0.25) is 4.79 Å². The molecule has 0 unspecified atom stereocenters. The molecule has 0 aromatic heterocycles. The van der Waals surface area contributed by atoms with Gasteiger partial charge in [-0.1, -0.05) is 54.2 Å². The number of thioether (sulfide) groups is 1. The maximum Gasteiger partial charge on any atom is 0.408 e. The molecule has 2 aromatic carbocycles. The molecule has 2 heterocycles. The van der Waals surface area contributed by atoms with E-state index in [0.717, 1.165) is 22.4 Å². The number of amidine groups is 1. The highest BCUT2D eigenvalue weighted by Crippen LogP contribution is 2.42. The van der Waals surface area contributed by atoms with Crippen molar-refractivity contribution in [3.8, 4) is 0 Å². The molecule has 2 saturated heterocycles. The van der Waals surface area contributed by atoms with Gasteiger partial charge in [0.1, 0.15) is 11.6 Å². The third kappa shape index (κ3) is 6.54. The number of aliphatic imine (C=N–C) groups is 1. The number of rotatable bonds is 5. The van der Waals surface area contributed by atoms with Crippen LogP contribution in [0.2, 0.25) is 0 Å². The Bertz CT molecular complexity index is 1320. The highest BCUT2D eigenvalue weighted by Gasteiger charge is 2.50. The van der Waals surface area contributed by atoms with Crippen molar-refractivity contribution >= 4 is 44.5 Å².